The number of carbonyl (C=O) groups excluding carboxylic acids is 1. The Morgan fingerprint density at radius 1 is 1.60 bits per heavy atom. The first-order valence-corrected chi connectivity index (χ1v) is 4.71. The van der Waals surface area contributed by atoms with Crippen LogP contribution >= 0.6 is 11.6 Å². The van der Waals surface area contributed by atoms with Gasteiger partial charge in [0, 0.05) is 18.2 Å². The highest BCUT2D eigenvalue weighted by Crippen LogP contribution is 2.30. The maximum absolute atomic E-state index is 13.5. The van der Waals surface area contributed by atoms with Crippen molar-refractivity contribution in [3.63, 3.8) is 0 Å². The minimum atomic E-state index is -0.726. The second kappa shape index (κ2) is 4.49. The number of carbonyl (C=O) groups is 1. The van der Waals surface area contributed by atoms with Crippen LogP contribution in [0.1, 0.15) is 25.5 Å². The molecule has 1 aromatic rings. The maximum Gasteiger partial charge on any atom is 0.303 e. The third-order valence-electron chi connectivity index (χ3n) is 1.85. The van der Waals surface area contributed by atoms with Gasteiger partial charge >= 0.3 is 5.97 Å². The summed E-state index contributed by atoms with van der Waals surface area (Å²) in [5, 5.41) is 0.154. The molecular weight excluding hydrogens is 221 g/mol. The zero-order valence-corrected chi connectivity index (χ0v) is 9.14. The molecular formula is C10H11ClFNO2. The van der Waals surface area contributed by atoms with Crippen molar-refractivity contribution in [2.75, 3.05) is 5.73 Å². The third-order valence-corrected chi connectivity index (χ3v) is 2.16. The van der Waals surface area contributed by atoms with Crippen molar-refractivity contribution in [3.8, 4) is 0 Å². The van der Waals surface area contributed by atoms with E-state index < -0.39 is 17.9 Å². The molecule has 0 aliphatic heterocycles. The molecule has 0 spiro atoms. The van der Waals surface area contributed by atoms with Crippen molar-refractivity contribution in [1.82, 2.24) is 0 Å². The number of ether oxygens (including phenoxy) is 1. The fourth-order valence-electron chi connectivity index (χ4n) is 1.30. The quantitative estimate of drug-likeness (QED) is 0.629. The molecule has 0 saturated heterocycles. The molecule has 0 bridgehead atoms. The minimum absolute atomic E-state index is 0.140. The molecule has 0 heterocycles. The highest BCUT2D eigenvalue weighted by molar-refractivity contribution is 6.31. The van der Waals surface area contributed by atoms with Crippen LogP contribution in [0.3, 0.4) is 0 Å². The zero-order valence-electron chi connectivity index (χ0n) is 8.38. The number of anilines is 1. The van der Waals surface area contributed by atoms with E-state index in [2.05, 4.69) is 0 Å². The number of rotatable bonds is 2. The summed E-state index contributed by atoms with van der Waals surface area (Å²) >= 11 is 5.80. The lowest BCUT2D eigenvalue weighted by Gasteiger charge is -2.14. The fraction of sp³-hybridized carbons (Fsp3) is 0.300. The summed E-state index contributed by atoms with van der Waals surface area (Å²) in [6, 6.07) is 2.56. The van der Waals surface area contributed by atoms with Crippen molar-refractivity contribution in [2.45, 2.75) is 20.0 Å². The molecule has 82 valence electrons. The summed E-state index contributed by atoms with van der Waals surface area (Å²) < 4.78 is 18.3. The van der Waals surface area contributed by atoms with Crippen LogP contribution in [-0.4, -0.2) is 5.97 Å². The second-order valence-corrected chi connectivity index (χ2v) is 3.56. The predicted molar refractivity (Wildman–Crippen MR) is 56.0 cm³/mol. The molecule has 3 nitrogen and oxygen atoms in total. The Bertz CT molecular complexity index is 372. The van der Waals surface area contributed by atoms with E-state index in [9.17, 15) is 9.18 Å². The standard InChI is InChI=1S/C10H11ClFNO2/c1-5(15-6(2)14)10-8(11)3-7(13)4-9(10)12/h3-5H,13H2,1-2H3. The largest absolute Gasteiger partial charge is 0.458 e. The van der Waals surface area contributed by atoms with E-state index in [0.29, 0.717) is 0 Å². The molecule has 1 aromatic carbocycles. The number of nitrogen functional groups attached to an aromatic ring is 1. The average Bonchev–Trinajstić information content (AvgIpc) is 1.99. The number of hydrogen-bond acceptors (Lipinski definition) is 3. The molecule has 15 heavy (non-hydrogen) atoms. The monoisotopic (exact) mass is 231 g/mol. The second-order valence-electron chi connectivity index (χ2n) is 3.15. The minimum Gasteiger partial charge on any atom is -0.458 e. The van der Waals surface area contributed by atoms with Gasteiger partial charge in [-0.25, -0.2) is 4.39 Å². The van der Waals surface area contributed by atoms with Crippen LogP contribution < -0.4 is 5.73 Å². The van der Waals surface area contributed by atoms with Gasteiger partial charge in [-0.2, -0.15) is 0 Å². The molecule has 0 amide bonds. The summed E-state index contributed by atoms with van der Waals surface area (Å²) in [6.45, 7) is 2.79. The molecule has 0 aromatic heterocycles. The van der Waals surface area contributed by atoms with E-state index >= 15 is 0 Å². The van der Waals surface area contributed by atoms with E-state index in [-0.39, 0.29) is 16.3 Å². The average molecular weight is 232 g/mol. The van der Waals surface area contributed by atoms with E-state index in [0.717, 1.165) is 6.07 Å². The Hall–Kier alpha value is -1.29. The molecule has 0 aliphatic carbocycles. The zero-order chi connectivity index (χ0) is 11.6. The van der Waals surface area contributed by atoms with Gasteiger partial charge in [0.15, 0.2) is 0 Å². The van der Waals surface area contributed by atoms with E-state index in [4.69, 9.17) is 22.1 Å². The van der Waals surface area contributed by atoms with Crippen LogP contribution in [0.15, 0.2) is 12.1 Å². The molecule has 0 fully saturated rings. The van der Waals surface area contributed by atoms with E-state index in [1.807, 2.05) is 0 Å². The Kier molecular flexibility index (Phi) is 3.52. The molecule has 0 radical (unpaired) electrons. The van der Waals surface area contributed by atoms with Crippen LogP contribution in [-0.2, 0) is 9.53 Å². The lowest BCUT2D eigenvalue weighted by molar-refractivity contribution is -0.145. The van der Waals surface area contributed by atoms with Gasteiger partial charge < -0.3 is 10.5 Å². The van der Waals surface area contributed by atoms with Crippen LogP contribution in [0.5, 0.6) is 0 Å². The van der Waals surface area contributed by atoms with Gasteiger partial charge in [0.05, 0.1) is 5.02 Å². The van der Waals surface area contributed by atoms with Crippen LogP contribution in [0.25, 0.3) is 0 Å². The molecule has 0 aliphatic rings. The number of nitrogens with two attached hydrogens (primary N) is 1. The Morgan fingerprint density at radius 2 is 2.20 bits per heavy atom. The molecule has 5 heteroatoms. The van der Waals surface area contributed by atoms with E-state index in [1.165, 1.54) is 13.0 Å². The number of halogens is 2. The van der Waals surface area contributed by atoms with Crippen LogP contribution in [0, 0.1) is 5.82 Å². The lowest BCUT2D eigenvalue weighted by Crippen LogP contribution is -2.08. The Labute approximate surface area is 92.0 Å². The first-order valence-electron chi connectivity index (χ1n) is 4.33. The van der Waals surface area contributed by atoms with Gasteiger partial charge in [-0.1, -0.05) is 11.6 Å². The first-order chi connectivity index (χ1) is 6.91. The summed E-state index contributed by atoms with van der Waals surface area (Å²) in [6.07, 6.45) is -0.726. The topological polar surface area (TPSA) is 52.3 Å². The van der Waals surface area contributed by atoms with Gasteiger partial charge in [0.2, 0.25) is 0 Å². The third kappa shape index (κ3) is 2.83. The SMILES string of the molecule is CC(=O)OC(C)c1c(F)cc(N)cc1Cl. The molecule has 1 atom stereocenters. The van der Waals surface area contributed by atoms with Gasteiger partial charge in [-0.3, -0.25) is 4.79 Å². The molecule has 2 N–H and O–H groups in total. The highest BCUT2D eigenvalue weighted by atomic mass is 35.5. The van der Waals surface area contributed by atoms with Gasteiger partial charge in [0.25, 0.3) is 0 Å². The van der Waals surface area contributed by atoms with Crippen LogP contribution in [0.2, 0.25) is 5.02 Å². The van der Waals surface area contributed by atoms with Crippen molar-refractivity contribution in [2.24, 2.45) is 0 Å². The van der Waals surface area contributed by atoms with Gasteiger partial charge in [-0.15, -0.1) is 0 Å². The maximum atomic E-state index is 13.5. The Morgan fingerprint density at radius 3 is 2.67 bits per heavy atom. The van der Waals surface area contributed by atoms with Crippen LogP contribution in [0.4, 0.5) is 10.1 Å². The van der Waals surface area contributed by atoms with Crippen molar-refractivity contribution in [3.05, 3.63) is 28.5 Å². The van der Waals surface area contributed by atoms with Gasteiger partial charge in [-0.05, 0) is 19.1 Å². The summed E-state index contributed by atoms with van der Waals surface area (Å²) in [7, 11) is 0. The number of esters is 1. The molecule has 1 unspecified atom stereocenters. The van der Waals surface area contributed by atoms with Gasteiger partial charge in [0.1, 0.15) is 11.9 Å². The lowest BCUT2D eigenvalue weighted by atomic mass is 10.1. The first kappa shape index (κ1) is 11.8. The summed E-state index contributed by atoms with van der Waals surface area (Å²) in [4.78, 5) is 10.7. The number of hydrogen-bond donors (Lipinski definition) is 1. The fourth-order valence-corrected chi connectivity index (χ4v) is 1.67. The van der Waals surface area contributed by atoms with Crippen molar-refractivity contribution >= 4 is 23.3 Å². The molecule has 0 saturated carbocycles. The Balaban J connectivity index is 3.08. The van der Waals surface area contributed by atoms with Crippen molar-refractivity contribution in [1.29, 1.82) is 0 Å². The van der Waals surface area contributed by atoms with Crippen molar-refractivity contribution < 1.29 is 13.9 Å². The smallest absolute Gasteiger partial charge is 0.303 e. The predicted octanol–water partition coefficient (Wildman–Crippen LogP) is 2.69. The summed E-state index contributed by atoms with van der Waals surface area (Å²) in [5.41, 5.74) is 5.77. The summed E-state index contributed by atoms with van der Waals surface area (Å²) in [5.74, 6) is -1.07. The normalized spacial score (nSPS) is 12.3. The number of benzene rings is 1. The molecule has 1 rings (SSSR count). The van der Waals surface area contributed by atoms with E-state index in [1.54, 1.807) is 6.92 Å². The highest BCUT2D eigenvalue weighted by Gasteiger charge is 2.18.